The van der Waals surface area contributed by atoms with Crippen LogP contribution in [0.15, 0.2) is 53.8 Å². The number of anilines is 1. The minimum Gasteiger partial charge on any atom is -0.505 e. The molecule has 2 aromatic heterocycles. The standard InChI is InChI=1S/C15H13ClN4O3S/c1-10-17-7-8-20(10)14-6-5-11(9-18-14)19-24(22,23)13-4-2-3-12(16)15(13)21/h2-9,19,21H,1H3. The largest absolute Gasteiger partial charge is 0.505 e. The summed E-state index contributed by atoms with van der Waals surface area (Å²) >= 11 is 5.75. The Balaban J connectivity index is 1.88. The first-order valence-electron chi connectivity index (χ1n) is 6.85. The van der Waals surface area contributed by atoms with E-state index >= 15 is 0 Å². The van der Waals surface area contributed by atoms with Crippen LogP contribution < -0.4 is 4.72 Å². The number of sulfonamides is 1. The van der Waals surface area contributed by atoms with Crippen molar-refractivity contribution in [3.05, 3.63) is 59.8 Å². The van der Waals surface area contributed by atoms with Crippen LogP contribution in [-0.2, 0) is 10.0 Å². The highest BCUT2D eigenvalue weighted by Crippen LogP contribution is 2.31. The van der Waals surface area contributed by atoms with Crippen molar-refractivity contribution in [3.63, 3.8) is 0 Å². The summed E-state index contributed by atoms with van der Waals surface area (Å²) in [4.78, 5) is 8.01. The molecule has 3 aromatic rings. The van der Waals surface area contributed by atoms with Crippen molar-refractivity contribution in [1.82, 2.24) is 14.5 Å². The summed E-state index contributed by atoms with van der Waals surface area (Å²) in [6, 6.07) is 7.34. The van der Waals surface area contributed by atoms with E-state index in [1.54, 1.807) is 29.1 Å². The van der Waals surface area contributed by atoms with Gasteiger partial charge in [-0.05, 0) is 31.2 Å². The highest BCUT2D eigenvalue weighted by Gasteiger charge is 2.20. The van der Waals surface area contributed by atoms with Crippen LogP contribution in [0.5, 0.6) is 5.75 Å². The Bertz CT molecular complexity index is 984. The molecule has 124 valence electrons. The maximum Gasteiger partial charge on any atom is 0.265 e. The van der Waals surface area contributed by atoms with E-state index in [4.69, 9.17) is 11.6 Å². The Hall–Kier alpha value is -2.58. The highest BCUT2D eigenvalue weighted by molar-refractivity contribution is 7.92. The van der Waals surface area contributed by atoms with Crippen molar-refractivity contribution in [3.8, 4) is 11.6 Å². The fraction of sp³-hybridized carbons (Fsp3) is 0.0667. The van der Waals surface area contributed by atoms with E-state index in [1.807, 2.05) is 6.92 Å². The van der Waals surface area contributed by atoms with Gasteiger partial charge in [-0.25, -0.2) is 18.4 Å². The van der Waals surface area contributed by atoms with E-state index in [9.17, 15) is 13.5 Å². The first kappa shape index (κ1) is 16.3. The van der Waals surface area contributed by atoms with Crippen molar-refractivity contribution in [1.29, 1.82) is 0 Å². The Morgan fingerprint density at radius 3 is 2.62 bits per heavy atom. The number of pyridine rings is 1. The number of rotatable bonds is 4. The van der Waals surface area contributed by atoms with Crippen molar-refractivity contribution in [2.45, 2.75) is 11.8 Å². The van der Waals surface area contributed by atoms with E-state index in [-0.39, 0.29) is 15.6 Å². The molecule has 0 aliphatic carbocycles. The lowest BCUT2D eigenvalue weighted by atomic mass is 10.3. The number of hydrogen-bond donors (Lipinski definition) is 2. The number of aromatic hydroxyl groups is 1. The Morgan fingerprint density at radius 1 is 1.21 bits per heavy atom. The van der Waals surface area contributed by atoms with Crippen molar-refractivity contribution >= 4 is 27.3 Å². The molecule has 0 fully saturated rings. The second kappa shape index (κ2) is 6.14. The fourth-order valence-electron chi connectivity index (χ4n) is 2.13. The predicted octanol–water partition coefficient (Wildman–Crippen LogP) is 2.74. The number of imidazole rings is 1. The summed E-state index contributed by atoms with van der Waals surface area (Å²) in [5.74, 6) is 0.878. The Labute approximate surface area is 143 Å². The molecule has 7 nitrogen and oxygen atoms in total. The van der Waals surface area contributed by atoms with Gasteiger partial charge in [-0.15, -0.1) is 0 Å². The number of para-hydroxylation sites is 1. The van der Waals surface area contributed by atoms with Crippen LogP contribution in [-0.4, -0.2) is 28.1 Å². The third kappa shape index (κ3) is 3.06. The number of benzene rings is 1. The zero-order chi connectivity index (χ0) is 17.3. The predicted molar refractivity (Wildman–Crippen MR) is 90.0 cm³/mol. The lowest BCUT2D eigenvalue weighted by Gasteiger charge is -2.11. The molecule has 0 aliphatic heterocycles. The molecule has 3 rings (SSSR count). The van der Waals surface area contributed by atoms with E-state index in [0.29, 0.717) is 5.82 Å². The molecule has 0 bridgehead atoms. The molecule has 0 atom stereocenters. The minimum atomic E-state index is -3.98. The van der Waals surface area contributed by atoms with Gasteiger partial charge in [0, 0.05) is 12.4 Å². The van der Waals surface area contributed by atoms with Crippen LogP contribution in [0.2, 0.25) is 5.02 Å². The van der Waals surface area contributed by atoms with Crippen LogP contribution in [0.3, 0.4) is 0 Å². The number of aryl methyl sites for hydroxylation is 1. The second-order valence-corrected chi connectivity index (χ2v) is 7.00. The monoisotopic (exact) mass is 364 g/mol. The van der Waals surface area contributed by atoms with Gasteiger partial charge in [0.2, 0.25) is 0 Å². The number of hydrogen-bond acceptors (Lipinski definition) is 5. The fourth-order valence-corrected chi connectivity index (χ4v) is 3.53. The number of halogens is 1. The Kier molecular flexibility index (Phi) is 4.16. The van der Waals surface area contributed by atoms with Crippen LogP contribution in [0.4, 0.5) is 5.69 Å². The molecule has 0 unspecified atom stereocenters. The molecule has 2 heterocycles. The number of aromatic nitrogens is 3. The maximum atomic E-state index is 12.4. The van der Waals surface area contributed by atoms with Crippen LogP contribution >= 0.6 is 11.6 Å². The third-order valence-corrected chi connectivity index (χ3v) is 5.03. The summed E-state index contributed by atoms with van der Waals surface area (Å²) in [7, 11) is -3.98. The van der Waals surface area contributed by atoms with Gasteiger partial charge in [-0.3, -0.25) is 9.29 Å². The molecule has 0 aliphatic rings. The second-order valence-electron chi connectivity index (χ2n) is 4.94. The lowest BCUT2D eigenvalue weighted by molar-refractivity contribution is 0.459. The van der Waals surface area contributed by atoms with Crippen LogP contribution in [0, 0.1) is 6.92 Å². The molecule has 0 saturated heterocycles. The van der Waals surface area contributed by atoms with Gasteiger partial charge in [-0.1, -0.05) is 17.7 Å². The van der Waals surface area contributed by atoms with Gasteiger partial charge in [0.25, 0.3) is 10.0 Å². The molecule has 24 heavy (non-hydrogen) atoms. The summed E-state index contributed by atoms with van der Waals surface area (Å²) in [5.41, 5.74) is 0.260. The van der Waals surface area contributed by atoms with E-state index in [1.165, 1.54) is 24.4 Å². The highest BCUT2D eigenvalue weighted by atomic mass is 35.5. The van der Waals surface area contributed by atoms with E-state index in [2.05, 4.69) is 14.7 Å². The smallest absolute Gasteiger partial charge is 0.265 e. The van der Waals surface area contributed by atoms with Crippen LogP contribution in [0.1, 0.15) is 5.82 Å². The molecular weight excluding hydrogens is 352 g/mol. The average Bonchev–Trinajstić information content (AvgIpc) is 2.96. The number of phenolic OH excluding ortho intramolecular Hbond substituents is 1. The number of nitrogens with zero attached hydrogens (tertiary/aromatic N) is 3. The van der Waals surface area contributed by atoms with E-state index < -0.39 is 15.8 Å². The molecule has 9 heteroatoms. The molecule has 0 radical (unpaired) electrons. The molecule has 0 spiro atoms. The SMILES string of the molecule is Cc1nccn1-c1ccc(NS(=O)(=O)c2cccc(Cl)c2O)cn1. The van der Waals surface area contributed by atoms with Gasteiger partial charge < -0.3 is 5.11 Å². The third-order valence-electron chi connectivity index (χ3n) is 3.31. The zero-order valence-corrected chi connectivity index (χ0v) is 14.1. The van der Waals surface area contributed by atoms with E-state index in [0.717, 1.165) is 5.82 Å². The van der Waals surface area contributed by atoms with Gasteiger partial charge in [0.05, 0.1) is 16.9 Å². The summed E-state index contributed by atoms with van der Waals surface area (Å²) in [5, 5.41) is 9.79. The van der Waals surface area contributed by atoms with Crippen LogP contribution in [0.25, 0.3) is 5.82 Å². The first-order valence-corrected chi connectivity index (χ1v) is 8.71. The normalized spacial score (nSPS) is 11.4. The van der Waals surface area contributed by atoms with Crippen molar-refractivity contribution in [2.24, 2.45) is 0 Å². The molecule has 0 amide bonds. The first-order chi connectivity index (χ1) is 11.4. The average molecular weight is 365 g/mol. The number of nitrogens with one attached hydrogen (secondary N) is 1. The maximum absolute atomic E-state index is 12.4. The lowest BCUT2D eigenvalue weighted by Crippen LogP contribution is -2.13. The minimum absolute atomic E-state index is 0.0399. The van der Waals surface area contributed by atoms with Gasteiger partial charge in [-0.2, -0.15) is 0 Å². The van der Waals surface area contributed by atoms with Crippen molar-refractivity contribution < 1.29 is 13.5 Å². The molecule has 1 aromatic carbocycles. The van der Waals surface area contributed by atoms with Gasteiger partial charge >= 0.3 is 0 Å². The Morgan fingerprint density at radius 2 is 2.00 bits per heavy atom. The van der Waals surface area contributed by atoms with Gasteiger partial charge in [0.1, 0.15) is 16.5 Å². The number of phenols is 1. The zero-order valence-electron chi connectivity index (χ0n) is 12.5. The van der Waals surface area contributed by atoms with Gasteiger partial charge in [0.15, 0.2) is 5.75 Å². The van der Waals surface area contributed by atoms with Crippen molar-refractivity contribution in [2.75, 3.05) is 4.72 Å². The summed E-state index contributed by atoms with van der Waals surface area (Å²) < 4.78 is 28.9. The topological polar surface area (TPSA) is 97.1 Å². The molecule has 2 N–H and O–H groups in total. The summed E-state index contributed by atoms with van der Waals surface area (Å²) in [6.45, 7) is 1.83. The quantitative estimate of drug-likeness (QED) is 0.741. The summed E-state index contributed by atoms with van der Waals surface area (Å²) in [6.07, 6.45) is 4.79. The molecular formula is C15H13ClN4O3S. The molecule has 0 saturated carbocycles.